The molecule has 0 saturated carbocycles. The summed E-state index contributed by atoms with van der Waals surface area (Å²) in [4.78, 5) is 14.1. The van der Waals surface area contributed by atoms with Crippen molar-refractivity contribution in [3.05, 3.63) is 24.3 Å². The molecule has 110 valence electrons. The zero-order valence-electron chi connectivity index (χ0n) is 12.0. The molecule has 0 radical (unpaired) electrons. The van der Waals surface area contributed by atoms with Gasteiger partial charge in [-0.05, 0) is 45.1 Å². The molecule has 2 rings (SSSR count). The van der Waals surface area contributed by atoms with Gasteiger partial charge < -0.3 is 20.7 Å². The van der Waals surface area contributed by atoms with E-state index in [-0.39, 0.29) is 5.91 Å². The highest BCUT2D eigenvalue weighted by Gasteiger charge is 2.18. The standard InChI is InChI=1S/C15H23N3O2/c1-18-9-6-12(7-10-18)17-15(19)8-11-20-14-5-3-2-4-13(14)16/h2-5,12H,6-11,16H2,1H3,(H,17,19). The Morgan fingerprint density at radius 1 is 1.40 bits per heavy atom. The van der Waals surface area contributed by atoms with Crippen molar-refractivity contribution >= 4 is 11.6 Å². The van der Waals surface area contributed by atoms with E-state index in [1.54, 1.807) is 6.07 Å². The van der Waals surface area contributed by atoms with Crippen LogP contribution < -0.4 is 15.8 Å². The number of nitrogens with one attached hydrogen (secondary N) is 1. The minimum atomic E-state index is 0.0501. The first-order valence-electron chi connectivity index (χ1n) is 7.10. The number of nitrogens with two attached hydrogens (primary N) is 1. The van der Waals surface area contributed by atoms with E-state index >= 15 is 0 Å². The molecule has 1 fully saturated rings. The Labute approximate surface area is 120 Å². The molecule has 0 bridgehead atoms. The van der Waals surface area contributed by atoms with Gasteiger partial charge in [0.1, 0.15) is 5.75 Å². The molecule has 0 aliphatic carbocycles. The third-order valence-electron chi connectivity index (χ3n) is 3.59. The number of likely N-dealkylation sites (tertiary alicyclic amines) is 1. The first-order chi connectivity index (χ1) is 9.65. The predicted molar refractivity (Wildman–Crippen MR) is 79.6 cm³/mol. The second-order valence-electron chi connectivity index (χ2n) is 5.28. The summed E-state index contributed by atoms with van der Waals surface area (Å²) in [7, 11) is 2.11. The molecule has 1 saturated heterocycles. The van der Waals surface area contributed by atoms with E-state index in [0.717, 1.165) is 25.9 Å². The van der Waals surface area contributed by atoms with Gasteiger partial charge in [-0.2, -0.15) is 0 Å². The molecule has 1 aliphatic heterocycles. The van der Waals surface area contributed by atoms with Gasteiger partial charge in [0.25, 0.3) is 0 Å². The Balaban J connectivity index is 1.67. The molecule has 1 amide bonds. The van der Waals surface area contributed by atoms with Gasteiger partial charge >= 0.3 is 0 Å². The van der Waals surface area contributed by atoms with E-state index in [2.05, 4.69) is 17.3 Å². The molecule has 1 aromatic rings. The molecule has 1 aliphatic rings. The molecule has 5 nitrogen and oxygen atoms in total. The van der Waals surface area contributed by atoms with Crippen LogP contribution in [0, 0.1) is 0 Å². The summed E-state index contributed by atoms with van der Waals surface area (Å²) in [6, 6.07) is 7.62. The van der Waals surface area contributed by atoms with Crippen LogP contribution in [0.25, 0.3) is 0 Å². The van der Waals surface area contributed by atoms with Gasteiger partial charge in [-0.25, -0.2) is 0 Å². The average molecular weight is 277 g/mol. The summed E-state index contributed by atoms with van der Waals surface area (Å²) in [6.07, 6.45) is 2.41. The van der Waals surface area contributed by atoms with Crippen LogP contribution in [0.4, 0.5) is 5.69 Å². The third kappa shape index (κ3) is 4.42. The number of ether oxygens (including phenoxy) is 1. The first kappa shape index (κ1) is 14.7. The van der Waals surface area contributed by atoms with Crippen molar-refractivity contribution in [3.63, 3.8) is 0 Å². The molecule has 20 heavy (non-hydrogen) atoms. The predicted octanol–water partition coefficient (Wildman–Crippen LogP) is 1.25. The Morgan fingerprint density at radius 3 is 2.80 bits per heavy atom. The molecule has 0 unspecified atom stereocenters. The minimum Gasteiger partial charge on any atom is -0.491 e. The van der Waals surface area contributed by atoms with Gasteiger partial charge in [0.15, 0.2) is 0 Å². The second-order valence-corrected chi connectivity index (χ2v) is 5.28. The molecule has 0 spiro atoms. The van der Waals surface area contributed by atoms with Crippen molar-refractivity contribution in [3.8, 4) is 5.75 Å². The largest absolute Gasteiger partial charge is 0.491 e. The molecular formula is C15H23N3O2. The van der Waals surface area contributed by atoms with Crippen LogP contribution in [-0.2, 0) is 4.79 Å². The molecule has 3 N–H and O–H groups in total. The van der Waals surface area contributed by atoms with Gasteiger partial charge in [-0.15, -0.1) is 0 Å². The highest BCUT2D eigenvalue weighted by atomic mass is 16.5. The Bertz CT molecular complexity index is 442. The lowest BCUT2D eigenvalue weighted by Gasteiger charge is -2.29. The number of nitrogen functional groups attached to an aromatic ring is 1. The summed E-state index contributed by atoms with van der Waals surface area (Å²) in [6.45, 7) is 2.44. The smallest absolute Gasteiger partial charge is 0.223 e. The summed E-state index contributed by atoms with van der Waals surface area (Å²) >= 11 is 0. The average Bonchev–Trinajstić information content (AvgIpc) is 2.43. The summed E-state index contributed by atoms with van der Waals surface area (Å²) in [5.41, 5.74) is 6.37. The van der Waals surface area contributed by atoms with Crippen LogP contribution in [-0.4, -0.2) is 43.6 Å². The van der Waals surface area contributed by atoms with Crippen LogP contribution in [0.2, 0.25) is 0 Å². The SMILES string of the molecule is CN1CCC(NC(=O)CCOc2ccccc2N)CC1. The van der Waals surface area contributed by atoms with E-state index in [1.807, 2.05) is 18.2 Å². The van der Waals surface area contributed by atoms with E-state index in [9.17, 15) is 4.79 Å². The fourth-order valence-corrected chi connectivity index (χ4v) is 2.32. The monoisotopic (exact) mass is 277 g/mol. The number of benzene rings is 1. The molecule has 1 heterocycles. The molecule has 5 heteroatoms. The Hall–Kier alpha value is -1.75. The highest BCUT2D eigenvalue weighted by Crippen LogP contribution is 2.19. The molecule has 0 atom stereocenters. The zero-order valence-corrected chi connectivity index (χ0v) is 12.0. The maximum Gasteiger partial charge on any atom is 0.223 e. The second kappa shape index (κ2) is 7.14. The number of hydrogen-bond donors (Lipinski definition) is 2. The Morgan fingerprint density at radius 2 is 2.10 bits per heavy atom. The molecule has 1 aromatic carbocycles. The summed E-state index contributed by atoms with van der Waals surface area (Å²) in [5, 5.41) is 3.06. The highest BCUT2D eigenvalue weighted by molar-refractivity contribution is 5.76. The number of amides is 1. The van der Waals surface area contributed by atoms with Crippen LogP contribution in [0.1, 0.15) is 19.3 Å². The van der Waals surface area contributed by atoms with Crippen molar-refractivity contribution in [2.24, 2.45) is 0 Å². The van der Waals surface area contributed by atoms with E-state index in [0.29, 0.717) is 30.5 Å². The lowest BCUT2D eigenvalue weighted by Crippen LogP contribution is -2.43. The number of carbonyl (C=O) groups is 1. The number of carbonyl (C=O) groups excluding carboxylic acids is 1. The topological polar surface area (TPSA) is 67.6 Å². The normalized spacial score (nSPS) is 16.9. The first-order valence-corrected chi connectivity index (χ1v) is 7.10. The maximum atomic E-state index is 11.8. The fraction of sp³-hybridized carbons (Fsp3) is 0.533. The van der Waals surface area contributed by atoms with Crippen molar-refractivity contribution in [1.82, 2.24) is 10.2 Å². The number of para-hydroxylation sites is 2. The number of piperidine rings is 1. The van der Waals surface area contributed by atoms with Gasteiger partial charge in [-0.3, -0.25) is 4.79 Å². The third-order valence-corrected chi connectivity index (χ3v) is 3.59. The number of nitrogens with zero attached hydrogens (tertiary/aromatic N) is 1. The van der Waals surface area contributed by atoms with Gasteiger partial charge in [0.05, 0.1) is 18.7 Å². The van der Waals surface area contributed by atoms with Crippen LogP contribution in [0.3, 0.4) is 0 Å². The van der Waals surface area contributed by atoms with E-state index in [1.165, 1.54) is 0 Å². The van der Waals surface area contributed by atoms with Crippen molar-refractivity contribution < 1.29 is 9.53 Å². The van der Waals surface area contributed by atoms with Gasteiger partial charge in [0, 0.05) is 6.04 Å². The number of rotatable bonds is 5. The summed E-state index contributed by atoms with van der Waals surface area (Å²) < 4.78 is 5.52. The van der Waals surface area contributed by atoms with Crippen LogP contribution in [0.15, 0.2) is 24.3 Å². The molecule has 0 aromatic heterocycles. The lowest BCUT2D eigenvalue weighted by molar-refractivity contribution is -0.122. The van der Waals surface area contributed by atoms with E-state index < -0.39 is 0 Å². The van der Waals surface area contributed by atoms with E-state index in [4.69, 9.17) is 10.5 Å². The van der Waals surface area contributed by atoms with Crippen molar-refractivity contribution in [1.29, 1.82) is 0 Å². The quantitative estimate of drug-likeness (QED) is 0.795. The van der Waals surface area contributed by atoms with Crippen LogP contribution >= 0.6 is 0 Å². The van der Waals surface area contributed by atoms with Crippen molar-refractivity contribution in [2.75, 3.05) is 32.5 Å². The zero-order chi connectivity index (χ0) is 14.4. The Kier molecular flexibility index (Phi) is 5.24. The number of hydrogen-bond acceptors (Lipinski definition) is 4. The number of anilines is 1. The lowest BCUT2D eigenvalue weighted by atomic mass is 10.1. The summed E-state index contributed by atoms with van der Waals surface area (Å²) in [5.74, 6) is 0.689. The van der Waals surface area contributed by atoms with Gasteiger partial charge in [0.2, 0.25) is 5.91 Å². The van der Waals surface area contributed by atoms with Crippen molar-refractivity contribution in [2.45, 2.75) is 25.3 Å². The molecular weight excluding hydrogens is 254 g/mol. The minimum absolute atomic E-state index is 0.0501. The fourth-order valence-electron chi connectivity index (χ4n) is 2.32. The van der Waals surface area contributed by atoms with Crippen LogP contribution in [0.5, 0.6) is 5.75 Å². The maximum absolute atomic E-state index is 11.8. The van der Waals surface area contributed by atoms with Gasteiger partial charge in [-0.1, -0.05) is 12.1 Å².